The number of hydrogen-bond acceptors (Lipinski definition) is 3. The van der Waals surface area contributed by atoms with E-state index in [0.717, 1.165) is 5.56 Å². The minimum Gasteiger partial charge on any atom is -0.481 e. The van der Waals surface area contributed by atoms with E-state index in [1.165, 1.54) is 18.3 Å². The predicted octanol–water partition coefficient (Wildman–Crippen LogP) is 2.28. The molecular weight excluding hydrogens is 273 g/mol. The molecule has 1 unspecified atom stereocenters. The van der Waals surface area contributed by atoms with E-state index in [4.69, 9.17) is 0 Å². The average molecular weight is 285 g/mol. The fourth-order valence-electron chi connectivity index (χ4n) is 2.30. The van der Waals surface area contributed by atoms with Gasteiger partial charge in [0.15, 0.2) is 0 Å². The third kappa shape index (κ3) is 2.60. The molecule has 2 heterocycles. The van der Waals surface area contributed by atoms with Crippen LogP contribution in [0.2, 0.25) is 0 Å². The number of carboxylic acids is 1. The number of halogens is 1. The second-order valence-corrected chi connectivity index (χ2v) is 4.69. The summed E-state index contributed by atoms with van der Waals surface area (Å²) >= 11 is 0. The van der Waals surface area contributed by atoms with Crippen LogP contribution in [0.5, 0.6) is 0 Å². The minimum atomic E-state index is -0.971. The molecular formula is C15H12FN3O2. The summed E-state index contributed by atoms with van der Waals surface area (Å²) in [5.74, 6) is -2.13. The van der Waals surface area contributed by atoms with Gasteiger partial charge in [-0.15, -0.1) is 0 Å². The van der Waals surface area contributed by atoms with Crippen LogP contribution >= 0.6 is 0 Å². The lowest BCUT2D eigenvalue weighted by Gasteiger charge is -2.13. The Morgan fingerprint density at radius 3 is 2.71 bits per heavy atom. The number of fused-ring (bicyclic) bond motifs is 1. The van der Waals surface area contributed by atoms with Gasteiger partial charge < -0.3 is 5.11 Å². The molecule has 1 atom stereocenters. The van der Waals surface area contributed by atoms with Gasteiger partial charge in [0.25, 0.3) is 0 Å². The monoisotopic (exact) mass is 285 g/mol. The lowest BCUT2D eigenvalue weighted by Crippen LogP contribution is -2.17. The van der Waals surface area contributed by atoms with Gasteiger partial charge in [-0.25, -0.2) is 8.91 Å². The van der Waals surface area contributed by atoms with E-state index in [2.05, 4.69) is 10.1 Å². The van der Waals surface area contributed by atoms with Gasteiger partial charge in [-0.2, -0.15) is 5.10 Å². The molecule has 1 N–H and O–H groups in total. The summed E-state index contributed by atoms with van der Waals surface area (Å²) in [6.45, 7) is 0. The van der Waals surface area contributed by atoms with Crippen molar-refractivity contribution < 1.29 is 14.3 Å². The van der Waals surface area contributed by atoms with Gasteiger partial charge in [0, 0.05) is 12.4 Å². The molecule has 106 valence electrons. The summed E-state index contributed by atoms with van der Waals surface area (Å²) in [5.41, 5.74) is 1.85. The summed E-state index contributed by atoms with van der Waals surface area (Å²) in [7, 11) is 0. The summed E-state index contributed by atoms with van der Waals surface area (Å²) in [6, 6.07) is 7.54. The van der Waals surface area contributed by atoms with Gasteiger partial charge in [0.05, 0.1) is 17.4 Å². The van der Waals surface area contributed by atoms with Crippen LogP contribution in [0.4, 0.5) is 4.39 Å². The molecule has 6 heteroatoms. The third-order valence-electron chi connectivity index (χ3n) is 3.34. The van der Waals surface area contributed by atoms with Gasteiger partial charge >= 0.3 is 5.97 Å². The Morgan fingerprint density at radius 1 is 1.24 bits per heavy atom. The lowest BCUT2D eigenvalue weighted by atomic mass is 9.95. The van der Waals surface area contributed by atoms with Crippen LogP contribution in [0, 0.1) is 5.82 Å². The molecule has 0 aliphatic carbocycles. The van der Waals surface area contributed by atoms with Crippen LogP contribution < -0.4 is 0 Å². The molecule has 0 bridgehead atoms. The van der Waals surface area contributed by atoms with Gasteiger partial charge in [0.2, 0.25) is 0 Å². The first-order chi connectivity index (χ1) is 10.1. The standard InChI is InChI=1S/C15H12FN3O2/c16-11-3-1-10(2-4-11)9-12(15(20)21)14-13-5-6-18-19(13)8-7-17-14/h1-8,12H,9H2,(H,20,21). The molecule has 3 aromatic rings. The normalized spacial score (nSPS) is 12.4. The fourth-order valence-corrected chi connectivity index (χ4v) is 2.30. The Kier molecular flexibility index (Phi) is 3.35. The van der Waals surface area contributed by atoms with Crippen LogP contribution in [0.1, 0.15) is 17.2 Å². The lowest BCUT2D eigenvalue weighted by molar-refractivity contribution is -0.138. The molecule has 0 saturated heterocycles. The van der Waals surface area contributed by atoms with Crippen LogP contribution in [-0.4, -0.2) is 25.7 Å². The molecule has 0 aliphatic rings. The first-order valence-corrected chi connectivity index (χ1v) is 6.40. The molecule has 3 rings (SSSR count). The number of aliphatic carboxylic acids is 1. The summed E-state index contributed by atoms with van der Waals surface area (Å²) in [5, 5.41) is 13.6. The molecule has 5 nitrogen and oxygen atoms in total. The zero-order valence-electron chi connectivity index (χ0n) is 11.0. The van der Waals surface area contributed by atoms with Gasteiger partial charge in [-0.05, 0) is 30.2 Å². The van der Waals surface area contributed by atoms with E-state index in [1.54, 1.807) is 35.1 Å². The molecule has 0 amide bonds. The average Bonchev–Trinajstić information content (AvgIpc) is 2.95. The smallest absolute Gasteiger partial charge is 0.313 e. The minimum absolute atomic E-state index is 0.244. The van der Waals surface area contributed by atoms with Crippen molar-refractivity contribution in [2.75, 3.05) is 0 Å². The number of benzene rings is 1. The van der Waals surface area contributed by atoms with Crippen LogP contribution in [0.3, 0.4) is 0 Å². The summed E-state index contributed by atoms with van der Waals surface area (Å²) in [6.07, 6.45) is 5.02. The maximum Gasteiger partial charge on any atom is 0.313 e. The molecule has 0 saturated carbocycles. The Bertz CT molecular complexity index is 783. The van der Waals surface area contributed by atoms with Gasteiger partial charge in [-0.1, -0.05) is 12.1 Å². The van der Waals surface area contributed by atoms with Crippen molar-refractivity contribution in [3.8, 4) is 0 Å². The number of carboxylic acid groups (broad SMARTS) is 1. The largest absolute Gasteiger partial charge is 0.481 e. The Hall–Kier alpha value is -2.76. The molecule has 21 heavy (non-hydrogen) atoms. The van der Waals surface area contributed by atoms with E-state index in [9.17, 15) is 14.3 Å². The third-order valence-corrected chi connectivity index (χ3v) is 3.34. The van der Waals surface area contributed by atoms with Crippen molar-refractivity contribution >= 4 is 11.5 Å². The molecule has 0 aliphatic heterocycles. The first-order valence-electron chi connectivity index (χ1n) is 6.40. The summed E-state index contributed by atoms with van der Waals surface area (Å²) in [4.78, 5) is 15.8. The van der Waals surface area contributed by atoms with E-state index in [1.807, 2.05) is 0 Å². The number of nitrogens with zero attached hydrogens (tertiary/aromatic N) is 3. The Labute approximate surface area is 119 Å². The number of carbonyl (C=O) groups is 1. The van der Waals surface area contributed by atoms with Crippen molar-refractivity contribution in [2.24, 2.45) is 0 Å². The zero-order valence-corrected chi connectivity index (χ0v) is 11.0. The highest BCUT2D eigenvalue weighted by molar-refractivity contribution is 5.79. The molecule has 2 aromatic heterocycles. The van der Waals surface area contributed by atoms with E-state index in [0.29, 0.717) is 11.2 Å². The number of hydrogen-bond donors (Lipinski definition) is 1. The van der Waals surface area contributed by atoms with Crippen molar-refractivity contribution in [1.82, 2.24) is 14.6 Å². The van der Waals surface area contributed by atoms with Crippen LogP contribution in [-0.2, 0) is 11.2 Å². The van der Waals surface area contributed by atoms with E-state index >= 15 is 0 Å². The quantitative estimate of drug-likeness (QED) is 0.798. The zero-order chi connectivity index (χ0) is 14.8. The van der Waals surface area contributed by atoms with Gasteiger partial charge in [-0.3, -0.25) is 9.78 Å². The number of aromatic nitrogens is 3. The second-order valence-electron chi connectivity index (χ2n) is 4.69. The van der Waals surface area contributed by atoms with Crippen molar-refractivity contribution in [1.29, 1.82) is 0 Å². The highest BCUT2D eigenvalue weighted by atomic mass is 19.1. The Morgan fingerprint density at radius 2 is 2.00 bits per heavy atom. The summed E-state index contributed by atoms with van der Waals surface area (Å²) < 4.78 is 14.5. The SMILES string of the molecule is O=C(O)C(Cc1ccc(F)cc1)c1nccn2nccc12. The van der Waals surface area contributed by atoms with Crippen molar-refractivity contribution in [2.45, 2.75) is 12.3 Å². The molecule has 0 fully saturated rings. The van der Waals surface area contributed by atoms with Crippen molar-refractivity contribution in [3.05, 3.63) is 66.0 Å². The topological polar surface area (TPSA) is 67.5 Å². The molecule has 0 radical (unpaired) electrons. The fraction of sp³-hybridized carbons (Fsp3) is 0.133. The first kappa shape index (κ1) is 13.2. The molecule has 0 spiro atoms. The van der Waals surface area contributed by atoms with Gasteiger partial charge in [0.1, 0.15) is 11.7 Å². The van der Waals surface area contributed by atoms with E-state index < -0.39 is 11.9 Å². The predicted molar refractivity (Wildman–Crippen MR) is 73.5 cm³/mol. The maximum absolute atomic E-state index is 12.9. The Balaban J connectivity index is 2.00. The second kappa shape index (κ2) is 5.32. The van der Waals surface area contributed by atoms with E-state index in [-0.39, 0.29) is 12.2 Å². The number of rotatable bonds is 4. The molecule has 1 aromatic carbocycles. The van der Waals surface area contributed by atoms with Crippen LogP contribution in [0.15, 0.2) is 48.9 Å². The maximum atomic E-state index is 12.9. The van der Waals surface area contributed by atoms with Crippen molar-refractivity contribution in [3.63, 3.8) is 0 Å². The highest BCUT2D eigenvalue weighted by Crippen LogP contribution is 2.23. The highest BCUT2D eigenvalue weighted by Gasteiger charge is 2.24. The van der Waals surface area contributed by atoms with Crippen LogP contribution in [0.25, 0.3) is 5.52 Å².